The number of nitrogens with zero attached hydrogens (tertiary/aromatic N) is 2. The van der Waals surface area contributed by atoms with E-state index in [0.717, 1.165) is 14.9 Å². The van der Waals surface area contributed by atoms with Crippen molar-refractivity contribution in [1.29, 1.82) is 0 Å². The summed E-state index contributed by atoms with van der Waals surface area (Å²) < 4.78 is 14.3. The van der Waals surface area contributed by atoms with Crippen LogP contribution in [0.2, 0.25) is 0 Å². The molecule has 6 nitrogen and oxygen atoms in total. The Morgan fingerprint density at radius 2 is 2.03 bits per heavy atom. The van der Waals surface area contributed by atoms with Gasteiger partial charge in [0.05, 0.1) is 22.4 Å². The van der Waals surface area contributed by atoms with E-state index < -0.39 is 12.0 Å². The first-order valence-electron chi connectivity index (χ1n) is 10.5. The lowest BCUT2D eigenvalue weighted by molar-refractivity contribution is -0.139. The summed E-state index contributed by atoms with van der Waals surface area (Å²) in [7, 11) is 0. The molecule has 1 atom stereocenters. The molecule has 1 unspecified atom stereocenters. The summed E-state index contributed by atoms with van der Waals surface area (Å²) in [5, 5.41) is 1.93. The summed E-state index contributed by atoms with van der Waals surface area (Å²) in [6, 6.07) is 14.8. The summed E-state index contributed by atoms with van der Waals surface area (Å²) in [5.41, 5.74) is 1.66. The highest BCUT2D eigenvalue weighted by Gasteiger charge is 2.33. The predicted octanol–water partition coefficient (Wildman–Crippen LogP) is 4.88. The Labute approximate surface area is 211 Å². The zero-order chi connectivity index (χ0) is 23.8. The molecule has 0 bridgehead atoms. The van der Waals surface area contributed by atoms with Crippen LogP contribution in [0, 0.1) is 0 Å². The van der Waals surface area contributed by atoms with Crippen LogP contribution in [-0.4, -0.2) is 17.1 Å². The molecule has 0 fully saturated rings. The molecule has 1 aliphatic heterocycles. The largest absolute Gasteiger partial charge is 0.463 e. The number of thiazole rings is 1. The number of furan rings is 1. The van der Waals surface area contributed by atoms with Crippen molar-refractivity contribution in [3.8, 4) is 11.3 Å². The lowest BCUT2D eigenvalue weighted by Crippen LogP contribution is -2.39. The number of allylic oxidation sites excluding steroid dienone is 1. The van der Waals surface area contributed by atoms with Gasteiger partial charge < -0.3 is 9.15 Å². The van der Waals surface area contributed by atoms with Crippen LogP contribution in [0.5, 0.6) is 0 Å². The minimum atomic E-state index is -0.577. The van der Waals surface area contributed by atoms with E-state index in [1.165, 1.54) is 22.7 Å². The highest BCUT2D eigenvalue weighted by molar-refractivity contribution is 9.10. The van der Waals surface area contributed by atoms with Gasteiger partial charge in [0.15, 0.2) is 4.80 Å². The molecule has 0 N–H and O–H groups in total. The number of carbonyl (C=O) groups excluding carboxylic acids is 1. The second-order valence-electron chi connectivity index (χ2n) is 7.53. The Bertz CT molecular complexity index is 1570. The van der Waals surface area contributed by atoms with Crippen molar-refractivity contribution in [3.05, 3.63) is 100.0 Å². The van der Waals surface area contributed by atoms with Gasteiger partial charge in [0.25, 0.3) is 5.56 Å². The van der Waals surface area contributed by atoms with Gasteiger partial charge in [0.2, 0.25) is 0 Å². The predicted molar refractivity (Wildman–Crippen MR) is 137 cm³/mol. The standard InChI is InChI=1S/C25H19BrN2O4S2/c1-3-31-24(30)21-14(2)27-25-28(22(21)19-5-4-12-33-19)23(29)20(34-25)13-17-10-11-18(32-17)15-6-8-16(26)9-7-15/h4-13,22H,3H2,1-2H3. The molecule has 172 valence electrons. The number of ether oxygens (including phenoxy) is 1. The molecule has 0 amide bonds. The molecule has 0 radical (unpaired) electrons. The van der Waals surface area contributed by atoms with Crippen molar-refractivity contribution in [1.82, 2.24) is 4.57 Å². The molecule has 3 aromatic heterocycles. The van der Waals surface area contributed by atoms with Crippen LogP contribution in [0.1, 0.15) is 30.5 Å². The molecular formula is C25H19BrN2O4S2. The van der Waals surface area contributed by atoms with Crippen molar-refractivity contribution in [2.75, 3.05) is 6.61 Å². The number of carbonyl (C=O) groups is 1. The third-order valence-corrected chi connectivity index (χ3v) is 7.79. The molecule has 0 saturated heterocycles. The number of halogens is 1. The van der Waals surface area contributed by atoms with Crippen molar-refractivity contribution in [3.63, 3.8) is 0 Å². The van der Waals surface area contributed by atoms with Crippen molar-refractivity contribution in [2.24, 2.45) is 4.99 Å². The van der Waals surface area contributed by atoms with Gasteiger partial charge in [-0.2, -0.15) is 0 Å². The number of fused-ring (bicyclic) bond motifs is 1. The maximum absolute atomic E-state index is 13.5. The first-order chi connectivity index (χ1) is 16.5. The van der Waals surface area contributed by atoms with E-state index in [0.29, 0.717) is 32.1 Å². The minimum absolute atomic E-state index is 0.224. The second-order valence-corrected chi connectivity index (χ2v) is 10.4. The summed E-state index contributed by atoms with van der Waals surface area (Å²) >= 11 is 6.20. The van der Waals surface area contributed by atoms with Gasteiger partial charge in [-0.1, -0.05) is 45.5 Å². The average molecular weight is 555 g/mol. The maximum Gasteiger partial charge on any atom is 0.338 e. The summed E-state index contributed by atoms with van der Waals surface area (Å²) in [5.74, 6) is 0.821. The van der Waals surface area contributed by atoms with E-state index in [2.05, 4.69) is 20.9 Å². The molecule has 0 saturated carbocycles. The first-order valence-corrected chi connectivity index (χ1v) is 13.0. The number of thiophene rings is 1. The maximum atomic E-state index is 13.5. The SMILES string of the molecule is CCOC(=O)C1=C(C)N=c2sc(=Cc3ccc(-c4ccc(Br)cc4)o3)c(=O)n2C1c1cccs1. The quantitative estimate of drug-likeness (QED) is 0.329. The third-order valence-electron chi connectivity index (χ3n) is 5.36. The van der Waals surface area contributed by atoms with Gasteiger partial charge in [-0.25, -0.2) is 9.79 Å². The van der Waals surface area contributed by atoms with Gasteiger partial charge >= 0.3 is 5.97 Å². The molecule has 4 aromatic rings. The lowest BCUT2D eigenvalue weighted by Gasteiger charge is -2.23. The second kappa shape index (κ2) is 9.32. The third kappa shape index (κ3) is 4.15. The fourth-order valence-electron chi connectivity index (χ4n) is 3.84. The summed E-state index contributed by atoms with van der Waals surface area (Å²) in [6.07, 6.45) is 1.72. The van der Waals surface area contributed by atoms with E-state index in [4.69, 9.17) is 9.15 Å². The van der Waals surface area contributed by atoms with Crippen LogP contribution >= 0.6 is 38.6 Å². The monoisotopic (exact) mass is 554 g/mol. The number of esters is 1. The Balaban J connectivity index is 1.61. The molecule has 34 heavy (non-hydrogen) atoms. The minimum Gasteiger partial charge on any atom is -0.463 e. The van der Waals surface area contributed by atoms with Crippen molar-refractivity contribution < 1.29 is 13.9 Å². The topological polar surface area (TPSA) is 73.8 Å². The Kier molecular flexibility index (Phi) is 6.24. The Morgan fingerprint density at radius 3 is 2.74 bits per heavy atom. The number of rotatable bonds is 5. The molecule has 4 heterocycles. The fraction of sp³-hybridized carbons (Fsp3) is 0.160. The fourth-order valence-corrected chi connectivity index (χ4v) is 5.95. The van der Waals surface area contributed by atoms with E-state index in [9.17, 15) is 9.59 Å². The Hall–Kier alpha value is -3.01. The van der Waals surface area contributed by atoms with Crippen LogP contribution in [-0.2, 0) is 9.53 Å². The van der Waals surface area contributed by atoms with Crippen LogP contribution in [0.3, 0.4) is 0 Å². The number of aromatic nitrogens is 1. The highest BCUT2D eigenvalue weighted by Crippen LogP contribution is 2.33. The molecular weight excluding hydrogens is 536 g/mol. The van der Waals surface area contributed by atoms with E-state index in [1.807, 2.05) is 53.9 Å². The zero-order valence-electron chi connectivity index (χ0n) is 18.3. The number of hydrogen-bond donors (Lipinski definition) is 0. The van der Waals surface area contributed by atoms with Gasteiger partial charge in [0.1, 0.15) is 17.6 Å². The van der Waals surface area contributed by atoms with Gasteiger partial charge in [-0.05, 0) is 49.6 Å². The zero-order valence-corrected chi connectivity index (χ0v) is 21.5. The van der Waals surface area contributed by atoms with E-state index in [1.54, 1.807) is 24.5 Å². The first kappa shape index (κ1) is 22.8. The van der Waals surface area contributed by atoms with Crippen LogP contribution < -0.4 is 14.9 Å². The van der Waals surface area contributed by atoms with Crippen molar-refractivity contribution >= 4 is 50.6 Å². The Morgan fingerprint density at radius 1 is 1.24 bits per heavy atom. The average Bonchev–Trinajstić information content (AvgIpc) is 3.56. The lowest BCUT2D eigenvalue weighted by atomic mass is 10.0. The van der Waals surface area contributed by atoms with Crippen LogP contribution in [0.4, 0.5) is 0 Å². The van der Waals surface area contributed by atoms with Crippen molar-refractivity contribution in [2.45, 2.75) is 19.9 Å². The van der Waals surface area contributed by atoms with Gasteiger partial charge in [-0.3, -0.25) is 9.36 Å². The molecule has 0 aliphatic carbocycles. The van der Waals surface area contributed by atoms with E-state index >= 15 is 0 Å². The highest BCUT2D eigenvalue weighted by atomic mass is 79.9. The molecule has 9 heteroatoms. The van der Waals surface area contributed by atoms with E-state index in [-0.39, 0.29) is 12.2 Å². The number of hydrogen-bond acceptors (Lipinski definition) is 7. The van der Waals surface area contributed by atoms with Crippen LogP contribution in [0.25, 0.3) is 17.4 Å². The van der Waals surface area contributed by atoms with Crippen LogP contribution in [0.15, 0.2) is 83.9 Å². The molecule has 5 rings (SSSR count). The van der Waals surface area contributed by atoms with Gasteiger partial charge in [-0.15, -0.1) is 11.3 Å². The summed E-state index contributed by atoms with van der Waals surface area (Å²) in [6.45, 7) is 3.78. The smallest absolute Gasteiger partial charge is 0.338 e. The molecule has 1 aliphatic rings. The summed E-state index contributed by atoms with van der Waals surface area (Å²) in [4.78, 5) is 32.4. The molecule has 0 spiro atoms. The van der Waals surface area contributed by atoms with Gasteiger partial charge in [0, 0.05) is 21.0 Å². The number of benzene rings is 1. The molecule has 1 aromatic carbocycles. The normalized spacial score (nSPS) is 15.9.